The molecule has 0 saturated heterocycles. The Labute approximate surface area is 113 Å². The van der Waals surface area contributed by atoms with Crippen LogP contribution in [0.3, 0.4) is 0 Å². The molecule has 1 heterocycles. The van der Waals surface area contributed by atoms with Crippen molar-refractivity contribution in [2.75, 3.05) is 10.6 Å². The number of nitrogens with one attached hydrogen (secondary N) is 2. The average molecular weight is 263 g/mol. The van der Waals surface area contributed by atoms with Crippen molar-refractivity contribution in [1.29, 1.82) is 0 Å². The lowest BCUT2D eigenvalue weighted by Gasteiger charge is -2.10. The van der Waals surface area contributed by atoms with Crippen molar-refractivity contribution in [3.8, 4) is 0 Å². The molecule has 0 fully saturated rings. The average Bonchev–Trinajstić information content (AvgIpc) is 2.33. The van der Waals surface area contributed by atoms with Crippen molar-refractivity contribution >= 4 is 23.3 Å². The van der Waals surface area contributed by atoms with Gasteiger partial charge in [-0.2, -0.15) is 0 Å². The van der Waals surface area contributed by atoms with Crippen LogP contribution in [0.25, 0.3) is 0 Å². The van der Waals surface area contributed by atoms with E-state index in [-0.39, 0.29) is 11.8 Å². The van der Waals surface area contributed by atoms with E-state index >= 15 is 0 Å². The summed E-state index contributed by atoms with van der Waals surface area (Å²) < 4.78 is 0. The number of aromatic nitrogens is 1. The van der Waals surface area contributed by atoms with Gasteiger partial charge in [0.1, 0.15) is 5.82 Å². The summed E-state index contributed by atoms with van der Waals surface area (Å²) in [5, 5.41) is 5.53. The highest BCUT2D eigenvalue weighted by atomic mass is 16.2. The van der Waals surface area contributed by atoms with Crippen LogP contribution in [0.15, 0.2) is 12.3 Å². The van der Waals surface area contributed by atoms with Gasteiger partial charge in [-0.1, -0.05) is 13.8 Å². The number of hydrogen-bond donors (Lipinski definition) is 2. The Bertz CT molecular complexity index is 458. The van der Waals surface area contributed by atoms with E-state index in [9.17, 15) is 9.59 Å². The molecule has 0 aliphatic carbocycles. The van der Waals surface area contributed by atoms with E-state index in [2.05, 4.69) is 15.6 Å². The Morgan fingerprint density at radius 2 is 1.68 bits per heavy atom. The van der Waals surface area contributed by atoms with Crippen LogP contribution in [0.2, 0.25) is 0 Å². The highest BCUT2D eigenvalue weighted by Crippen LogP contribution is 2.17. The number of anilines is 2. The first-order valence-electron chi connectivity index (χ1n) is 6.63. The van der Waals surface area contributed by atoms with Crippen molar-refractivity contribution in [2.45, 2.75) is 46.5 Å². The molecule has 1 aromatic rings. The van der Waals surface area contributed by atoms with E-state index in [1.54, 1.807) is 12.3 Å². The molecule has 0 aliphatic rings. The number of pyridine rings is 1. The molecule has 0 atom stereocenters. The van der Waals surface area contributed by atoms with Crippen LogP contribution >= 0.6 is 0 Å². The van der Waals surface area contributed by atoms with Crippen LogP contribution < -0.4 is 10.6 Å². The Hall–Kier alpha value is -1.91. The van der Waals surface area contributed by atoms with E-state index in [1.807, 2.05) is 20.8 Å². The molecule has 0 aliphatic heterocycles. The van der Waals surface area contributed by atoms with Crippen molar-refractivity contribution in [2.24, 2.45) is 0 Å². The first-order valence-corrected chi connectivity index (χ1v) is 6.63. The van der Waals surface area contributed by atoms with Gasteiger partial charge in [-0.05, 0) is 31.4 Å². The summed E-state index contributed by atoms with van der Waals surface area (Å²) >= 11 is 0. The first kappa shape index (κ1) is 15.1. The zero-order valence-electron chi connectivity index (χ0n) is 11.7. The quantitative estimate of drug-likeness (QED) is 0.829. The molecule has 19 heavy (non-hydrogen) atoms. The third kappa shape index (κ3) is 5.07. The lowest BCUT2D eigenvalue weighted by molar-refractivity contribution is -0.117. The number of amides is 2. The predicted octanol–water partition coefficient (Wildman–Crippen LogP) is 2.87. The van der Waals surface area contributed by atoms with Gasteiger partial charge in [0, 0.05) is 12.8 Å². The van der Waals surface area contributed by atoms with Crippen molar-refractivity contribution < 1.29 is 9.59 Å². The summed E-state index contributed by atoms with van der Waals surface area (Å²) in [6.07, 6.45) is 4.16. The molecule has 0 radical (unpaired) electrons. The van der Waals surface area contributed by atoms with E-state index in [4.69, 9.17) is 0 Å². The van der Waals surface area contributed by atoms with Crippen LogP contribution in [0.1, 0.15) is 45.1 Å². The summed E-state index contributed by atoms with van der Waals surface area (Å²) in [6, 6.07) is 1.76. The number of carbonyl (C=O) groups excluding carboxylic acids is 2. The standard InChI is InChI=1S/C14H21N3O2/c1-4-6-13(18)16-11-9-15-12(8-10(11)3)17-14(19)7-5-2/h8-9H,4-7H2,1-3H3,(H,16,18)(H,15,17,19). The number of carbonyl (C=O) groups is 2. The SMILES string of the molecule is CCCC(=O)Nc1cc(C)c(NC(=O)CCC)cn1. The van der Waals surface area contributed by atoms with Gasteiger partial charge in [0.15, 0.2) is 0 Å². The zero-order chi connectivity index (χ0) is 14.3. The smallest absolute Gasteiger partial charge is 0.225 e. The highest BCUT2D eigenvalue weighted by molar-refractivity contribution is 5.92. The van der Waals surface area contributed by atoms with E-state index < -0.39 is 0 Å². The molecule has 1 aromatic heterocycles. The summed E-state index contributed by atoms with van der Waals surface area (Å²) in [7, 11) is 0. The largest absolute Gasteiger partial charge is 0.325 e. The van der Waals surface area contributed by atoms with E-state index in [0.717, 1.165) is 18.4 Å². The van der Waals surface area contributed by atoms with E-state index in [1.165, 1.54) is 0 Å². The molecule has 0 aromatic carbocycles. The molecular formula is C14H21N3O2. The van der Waals surface area contributed by atoms with Crippen LogP contribution in [0.4, 0.5) is 11.5 Å². The minimum Gasteiger partial charge on any atom is -0.325 e. The van der Waals surface area contributed by atoms with Gasteiger partial charge >= 0.3 is 0 Å². The van der Waals surface area contributed by atoms with Crippen LogP contribution in [-0.2, 0) is 9.59 Å². The predicted molar refractivity (Wildman–Crippen MR) is 76.0 cm³/mol. The number of hydrogen-bond acceptors (Lipinski definition) is 3. The highest BCUT2D eigenvalue weighted by Gasteiger charge is 2.07. The summed E-state index contributed by atoms with van der Waals surface area (Å²) in [4.78, 5) is 27.1. The van der Waals surface area contributed by atoms with Gasteiger partial charge in [-0.25, -0.2) is 4.98 Å². The lowest BCUT2D eigenvalue weighted by Crippen LogP contribution is -2.14. The van der Waals surface area contributed by atoms with Gasteiger partial charge in [-0.15, -0.1) is 0 Å². The maximum atomic E-state index is 11.5. The second kappa shape index (κ2) is 7.51. The van der Waals surface area contributed by atoms with Crippen molar-refractivity contribution in [1.82, 2.24) is 4.98 Å². The Morgan fingerprint density at radius 1 is 1.11 bits per heavy atom. The summed E-state index contributed by atoms with van der Waals surface area (Å²) in [5.74, 6) is 0.455. The topological polar surface area (TPSA) is 71.1 Å². The molecule has 0 unspecified atom stereocenters. The Morgan fingerprint density at radius 3 is 2.21 bits per heavy atom. The van der Waals surface area contributed by atoms with Gasteiger partial charge in [0.05, 0.1) is 11.9 Å². The first-order chi connectivity index (χ1) is 9.06. The molecule has 0 bridgehead atoms. The molecule has 0 spiro atoms. The summed E-state index contributed by atoms with van der Waals surface area (Å²) in [6.45, 7) is 5.78. The number of rotatable bonds is 6. The van der Waals surface area contributed by atoms with Crippen LogP contribution in [0.5, 0.6) is 0 Å². The maximum Gasteiger partial charge on any atom is 0.225 e. The molecule has 2 amide bonds. The number of aryl methyl sites for hydroxylation is 1. The van der Waals surface area contributed by atoms with Crippen molar-refractivity contribution in [3.63, 3.8) is 0 Å². The maximum absolute atomic E-state index is 11.5. The fraction of sp³-hybridized carbons (Fsp3) is 0.500. The van der Waals surface area contributed by atoms with Gasteiger partial charge in [0.2, 0.25) is 11.8 Å². The van der Waals surface area contributed by atoms with E-state index in [0.29, 0.717) is 24.3 Å². The fourth-order valence-electron chi connectivity index (χ4n) is 1.63. The van der Waals surface area contributed by atoms with Crippen LogP contribution in [0, 0.1) is 6.92 Å². The summed E-state index contributed by atoms with van der Waals surface area (Å²) in [5.41, 5.74) is 1.57. The molecule has 0 saturated carbocycles. The Balaban J connectivity index is 2.69. The normalized spacial score (nSPS) is 10.1. The molecule has 104 valence electrons. The second-order valence-electron chi connectivity index (χ2n) is 4.48. The van der Waals surface area contributed by atoms with Crippen molar-refractivity contribution in [3.05, 3.63) is 17.8 Å². The molecule has 5 heteroatoms. The van der Waals surface area contributed by atoms with Gasteiger partial charge in [0.25, 0.3) is 0 Å². The van der Waals surface area contributed by atoms with Gasteiger partial charge < -0.3 is 10.6 Å². The Kier molecular flexibility index (Phi) is 5.99. The second-order valence-corrected chi connectivity index (χ2v) is 4.48. The van der Waals surface area contributed by atoms with Gasteiger partial charge in [-0.3, -0.25) is 9.59 Å². The molecular weight excluding hydrogens is 242 g/mol. The zero-order valence-corrected chi connectivity index (χ0v) is 11.7. The lowest BCUT2D eigenvalue weighted by atomic mass is 10.2. The monoisotopic (exact) mass is 263 g/mol. The number of nitrogens with zero attached hydrogens (tertiary/aromatic N) is 1. The molecule has 1 rings (SSSR count). The minimum absolute atomic E-state index is 0.0184. The fourth-order valence-corrected chi connectivity index (χ4v) is 1.63. The third-order valence-corrected chi connectivity index (χ3v) is 2.61. The third-order valence-electron chi connectivity index (χ3n) is 2.61. The van der Waals surface area contributed by atoms with Crippen LogP contribution in [-0.4, -0.2) is 16.8 Å². The molecule has 5 nitrogen and oxygen atoms in total. The minimum atomic E-state index is -0.0443. The molecule has 2 N–H and O–H groups in total.